The molecule has 0 heterocycles. The highest BCUT2D eigenvalue weighted by Gasteiger charge is 2.29. The van der Waals surface area contributed by atoms with Gasteiger partial charge in [-0.3, -0.25) is 14.4 Å². The van der Waals surface area contributed by atoms with Crippen molar-refractivity contribution in [1.29, 1.82) is 0 Å². The molecule has 0 aromatic rings. The Labute approximate surface area is 148 Å². The molecule has 0 fully saturated rings. The van der Waals surface area contributed by atoms with Crippen molar-refractivity contribution in [3.8, 4) is 0 Å². The quantitative estimate of drug-likeness (QED) is 0.264. The molecule has 0 unspecified atom stereocenters. The molecule has 0 aromatic heterocycles. The molecule has 0 aliphatic heterocycles. The molecule has 0 aliphatic rings. The van der Waals surface area contributed by atoms with Crippen LogP contribution in [0.25, 0.3) is 0 Å². The van der Waals surface area contributed by atoms with Crippen LogP contribution in [0.4, 0.5) is 4.79 Å². The Morgan fingerprint density at radius 1 is 1.22 bits per heavy atom. The Balaban J connectivity index is 3.94. The summed E-state index contributed by atoms with van der Waals surface area (Å²) in [5.74, 6) is 0.177. The summed E-state index contributed by atoms with van der Waals surface area (Å²) < 4.78 is 0.0154. The van der Waals surface area contributed by atoms with E-state index >= 15 is 0 Å². The molecule has 4 N–H and O–H groups in total. The van der Waals surface area contributed by atoms with Gasteiger partial charge in [-0.1, -0.05) is 30.9 Å². The van der Waals surface area contributed by atoms with E-state index in [1.54, 1.807) is 19.3 Å². The summed E-state index contributed by atoms with van der Waals surface area (Å²) in [7, 11) is 0. The van der Waals surface area contributed by atoms with E-state index < -0.39 is 23.4 Å². The van der Waals surface area contributed by atoms with Gasteiger partial charge < -0.3 is 15.7 Å². The molecule has 8 nitrogen and oxygen atoms in total. The first kappa shape index (κ1) is 22.0. The lowest BCUT2D eigenvalue weighted by molar-refractivity contribution is -0.128. The van der Waals surface area contributed by atoms with Crippen LogP contribution in [-0.2, 0) is 14.4 Å². The monoisotopic (exact) mass is 383 g/mol. The Morgan fingerprint density at radius 2 is 1.83 bits per heavy atom. The number of carboxylic acid groups (broad SMARTS) is 1. The van der Waals surface area contributed by atoms with Crippen LogP contribution in [0.3, 0.4) is 0 Å². The minimum atomic E-state index is -1.39. The Morgan fingerprint density at radius 3 is 2.39 bits per heavy atom. The van der Waals surface area contributed by atoms with E-state index in [1.807, 2.05) is 6.92 Å². The maximum absolute atomic E-state index is 12.1. The number of hydrogen-bond acceptors (Lipinski definition) is 7. The maximum atomic E-state index is 12.1. The molecule has 0 rings (SSSR count). The molecule has 0 saturated carbocycles. The fraction of sp³-hybridized carbons (Fsp3) is 0.667. The van der Waals surface area contributed by atoms with E-state index in [0.29, 0.717) is 3.53 Å². The molecule has 0 bridgehead atoms. The molecule has 23 heavy (non-hydrogen) atoms. The molecule has 0 aromatic carbocycles. The predicted molar refractivity (Wildman–Crippen MR) is 95.5 cm³/mol. The first-order valence-corrected chi connectivity index (χ1v) is 8.91. The van der Waals surface area contributed by atoms with Gasteiger partial charge in [-0.15, -0.1) is 11.8 Å². The standard InChI is InChI=1S/C12H21N3O5S3/c1-4-22-11(21)23-12(2,3)9(17)14-6-5-13-8(16)7-20-15-10(18)19/h15H,4-7H2,1-3H3,(H,13,16)(H,14,17)(H,18,19). The van der Waals surface area contributed by atoms with E-state index in [4.69, 9.17) is 17.3 Å². The summed E-state index contributed by atoms with van der Waals surface area (Å²) in [5.41, 5.74) is 1.60. The molecular weight excluding hydrogens is 362 g/mol. The van der Waals surface area contributed by atoms with Crippen LogP contribution in [-0.4, -0.2) is 56.7 Å². The smallest absolute Gasteiger partial charge is 0.428 e. The highest BCUT2D eigenvalue weighted by Crippen LogP contribution is 2.30. The van der Waals surface area contributed by atoms with Crippen molar-refractivity contribution in [2.45, 2.75) is 25.5 Å². The van der Waals surface area contributed by atoms with Gasteiger partial charge in [-0.05, 0) is 19.6 Å². The fourth-order valence-corrected chi connectivity index (χ4v) is 4.22. The van der Waals surface area contributed by atoms with E-state index in [9.17, 15) is 14.4 Å². The zero-order valence-electron chi connectivity index (χ0n) is 13.1. The second-order valence-electron chi connectivity index (χ2n) is 4.60. The molecule has 0 atom stereocenters. The normalized spacial score (nSPS) is 10.7. The lowest BCUT2D eigenvalue weighted by Crippen LogP contribution is -2.44. The van der Waals surface area contributed by atoms with Gasteiger partial charge in [0, 0.05) is 13.1 Å². The highest BCUT2D eigenvalue weighted by molar-refractivity contribution is 8.47. The summed E-state index contributed by atoms with van der Waals surface area (Å²) in [6, 6.07) is 0. The fourth-order valence-electron chi connectivity index (χ4n) is 1.21. The molecule has 0 saturated heterocycles. The van der Waals surface area contributed by atoms with Crippen LogP contribution in [0.15, 0.2) is 0 Å². The Kier molecular flexibility index (Phi) is 11.0. The molecular formula is C12H21N3O5S3. The van der Waals surface area contributed by atoms with Crippen molar-refractivity contribution in [2.75, 3.05) is 25.4 Å². The number of carbonyl (C=O) groups excluding carboxylic acids is 2. The third-order valence-corrected chi connectivity index (χ3v) is 4.84. The first-order valence-electron chi connectivity index (χ1n) is 6.70. The van der Waals surface area contributed by atoms with Crippen molar-refractivity contribution in [3.63, 3.8) is 0 Å². The largest absolute Gasteiger partial charge is 0.464 e. The van der Waals surface area contributed by atoms with Crippen molar-refractivity contribution in [1.82, 2.24) is 16.1 Å². The predicted octanol–water partition coefficient (Wildman–Crippen LogP) is 0.968. The zero-order valence-corrected chi connectivity index (χ0v) is 15.6. The van der Waals surface area contributed by atoms with Gasteiger partial charge in [0.2, 0.25) is 11.8 Å². The van der Waals surface area contributed by atoms with E-state index in [2.05, 4.69) is 15.5 Å². The van der Waals surface area contributed by atoms with Crippen LogP contribution in [0.2, 0.25) is 0 Å². The number of hydrogen-bond donors (Lipinski definition) is 4. The summed E-state index contributed by atoms with van der Waals surface area (Å²) in [5, 5.41) is 13.4. The topological polar surface area (TPSA) is 117 Å². The molecule has 132 valence electrons. The minimum Gasteiger partial charge on any atom is -0.464 e. The van der Waals surface area contributed by atoms with Gasteiger partial charge >= 0.3 is 6.09 Å². The summed E-state index contributed by atoms with van der Waals surface area (Å²) in [4.78, 5) is 37.8. The number of carbonyl (C=O) groups is 3. The SMILES string of the molecule is CCSC(=S)SC(C)(C)C(=O)NCCNC(=O)CONC(=O)O. The molecule has 3 amide bonds. The maximum Gasteiger partial charge on any atom is 0.428 e. The van der Waals surface area contributed by atoms with Crippen molar-refractivity contribution in [2.24, 2.45) is 0 Å². The van der Waals surface area contributed by atoms with Crippen LogP contribution in [0.5, 0.6) is 0 Å². The number of hydroxylamine groups is 1. The Hall–Kier alpha value is -1.04. The second-order valence-corrected chi connectivity index (χ2v) is 8.69. The number of thioether (sulfide) groups is 2. The van der Waals surface area contributed by atoms with Gasteiger partial charge in [-0.2, -0.15) is 5.48 Å². The van der Waals surface area contributed by atoms with Crippen LogP contribution in [0, 0.1) is 0 Å². The van der Waals surface area contributed by atoms with Crippen molar-refractivity contribution >= 4 is 57.2 Å². The van der Waals surface area contributed by atoms with Crippen LogP contribution >= 0.6 is 35.7 Å². The second kappa shape index (κ2) is 11.5. The van der Waals surface area contributed by atoms with Gasteiger partial charge in [0.1, 0.15) is 3.53 Å². The van der Waals surface area contributed by atoms with E-state index in [1.165, 1.54) is 23.5 Å². The average Bonchev–Trinajstić information content (AvgIpc) is 2.42. The molecule has 0 radical (unpaired) electrons. The summed E-state index contributed by atoms with van der Waals surface area (Å²) in [6.45, 7) is 5.55. The number of amides is 3. The third kappa shape index (κ3) is 11.2. The summed E-state index contributed by atoms with van der Waals surface area (Å²) in [6.07, 6.45) is -1.39. The lowest BCUT2D eigenvalue weighted by atomic mass is 10.2. The third-order valence-electron chi connectivity index (χ3n) is 2.24. The average molecular weight is 384 g/mol. The van der Waals surface area contributed by atoms with Gasteiger partial charge in [0.25, 0.3) is 0 Å². The highest BCUT2D eigenvalue weighted by atomic mass is 32.2. The molecule has 11 heteroatoms. The number of nitrogens with one attached hydrogen (secondary N) is 3. The van der Waals surface area contributed by atoms with Crippen molar-refractivity contribution in [3.05, 3.63) is 0 Å². The van der Waals surface area contributed by atoms with Crippen LogP contribution in [0.1, 0.15) is 20.8 Å². The minimum absolute atomic E-state index is 0.181. The van der Waals surface area contributed by atoms with Crippen molar-refractivity contribution < 1.29 is 24.3 Å². The number of rotatable bonds is 9. The first-order chi connectivity index (χ1) is 10.7. The van der Waals surface area contributed by atoms with Gasteiger partial charge in [0.15, 0.2) is 6.61 Å². The number of thiocarbonyl (C=S) groups is 1. The zero-order chi connectivity index (χ0) is 17.9. The van der Waals surface area contributed by atoms with E-state index in [0.717, 1.165) is 5.75 Å². The van der Waals surface area contributed by atoms with Gasteiger partial charge in [-0.25, -0.2) is 4.79 Å². The summed E-state index contributed by atoms with van der Waals surface area (Å²) >= 11 is 8.01. The van der Waals surface area contributed by atoms with Gasteiger partial charge in [0.05, 0.1) is 4.75 Å². The lowest BCUT2D eigenvalue weighted by Gasteiger charge is -2.22. The van der Waals surface area contributed by atoms with Crippen LogP contribution < -0.4 is 16.1 Å². The molecule has 0 spiro atoms. The molecule has 0 aliphatic carbocycles. The van der Waals surface area contributed by atoms with E-state index in [-0.39, 0.29) is 19.0 Å². The Bertz CT molecular complexity index is 446.